The molecule has 0 aromatic rings. The van der Waals surface area contributed by atoms with E-state index in [-0.39, 0.29) is 52.5 Å². The Hall–Kier alpha value is -1.98. The van der Waals surface area contributed by atoms with Crippen LogP contribution in [0.15, 0.2) is 0 Å². The smallest absolute Gasteiger partial charge is 0.151 e. The summed E-state index contributed by atoms with van der Waals surface area (Å²) in [5.74, 6) is 0.297. The maximum Gasteiger partial charge on any atom is 0.151 e. The quantitative estimate of drug-likeness (QED) is 0.149. The lowest BCUT2D eigenvalue weighted by atomic mass is 9.64. The summed E-state index contributed by atoms with van der Waals surface area (Å²) >= 11 is 0. The van der Waals surface area contributed by atoms with E-state index in [0.717, 1.165) is 12.8 Å². The van der Waals surface area contributed by atoms with Gasteiger partial charge in [0.1, 0.15) is 17.3 Å². The van der Waals surface area contributed by atoms with E-state index in [2.05, 4.69) is 6.92 Å². The second-order valence-corrected chi connectivity index (χ2v) is 18.3. The van der Waals surface area contributed by atoms with Gasteiger partial charge in [-0.1, -0.05) is 151 Å². The molecule has 6 nitrogen and oxygen atoms in total. The number of rotatable bonds is 16. The zero-order chi connectivity index (χ0) is 40.1. The molecule has 0 aliphatic carbocycles. The van der Waals surface area contributed by atoms with Crippen molar-refractivity contribution in [3.63, 3.8) is 0 Å². The van der Waals surface area contributed by atoms with Crippen LogP contribution in [0, 0.1) is 50.2 Å². The van der Waals surface area contributed by atoms with Gasteiger partial charge in [-0.25, -0.2) is 0 Å². The van der Waals surface area contributed by atoms with Crippen LogP contribution in [0.1, 0.15) is 190 Å². The molecule has 0 amide bonds. The van der Waals surface area contributed by atoms with Crippen LogP contribution < -0.4 is 0 Å². The molecule has 2 atom stereocenters. The molecule has 0 spiro atoms. The predicted molar refractivity (Wildman–Crippen MR) is 207 cm³/mol. The van der Waals surface area contributed by atoms with Gasteiger partial charge < -0.3 is 0 Å². The molecule has 0 saturated carbocycles. The number of hydrogen-bond acceptors (Lipinski definition) is 6. The van der Waals surface area contributed by atoms with E-state index < -0.39 is 32.5 Å². The Kier molecular flexibility index (Phi) is 21.1. The molecule has 0 N–H and O–H groups in total. The Morgan fingerprint density at radius 1 is 0.408 bits per heavy atom. The summed E-state index contributed by atoms with van der Waals surface area (Å²) in [7, 11) is 0. The average molecular weight is 693 g/mol. The number of carbonyl (C=O) groups is 6. The molecule has 0 aliphatic rings. The molecule has 0 bridgehead atoms. The van der Waals surface area contributed by atoms with Gasteiger partial charge in [0.15, 0.2) is 17.3 Å². The van der Waals surface area contributed by atoms with Gasteiger partial charge in [0, 0.05) is 34.0 Å². The van der Waals surface area contributed by atoms with Gasteiger partial charge in [0.25, 0.3) is 0 Å². The molecule has 0 radical (unpaired) electrons. The van der Waals surface area contributed by atoms with E-state index in [1.54, 1.807) is 6.92 Å². The number of unbranched alkanes of at least 4 members (excludes halogenated alkanes) is 1. The largest absolute Gasteiger partial charge is 0.298 e. The van der Waals surface area contributed by atoms with E-state index in [1.165, 1.54) is 0 Å². The third-order valence-corrected chi connectivity index (χ3v) is 9.95. The van der Waals surface area contributed by atoms with Crippen LogP contribution >= 0.6 is 0 Å². The fourth-order valence-corrected chi connectivity index (χ4v) is 6.82. The predicted octanol–water partition coefficient (Wildman–Crippen LogP) is 11.3. The number of Topliss-reactive ketones (excluding diaryl/α,β-unsaturated/α-hetero) is 6. The standard InChI is InChI=1S/C16H30O2.C14H26O2.C13H24O2/c1-8-10-11-16(9-2,13(17)12(3)4)14(18)15(5,6)7;1-8-14(9-2,11(15)10(3)4)12(16)13(5,6)7;1-8-13(7,10(14)9(2)3)11(15)12(4,5)6/h12H,8-11H2,1-7H3;10H,8-9H2,1-7H3;9H,8H2,1-7H3. The molecule has 49 heavy (non-hydrogen) atoms. The SMILES string of the molecule is CCC(C)(C(=O)C(C)C)C(=O)C(C)(C)C.CCC(CC)(C(=O)C(C)C)C(=O)C(C)(C)C.CCCCC(CC)(C(=O)C(C)C)C(=O)C(C)(C)C. The second-order valence-electron chi connectivity index (χ2n) is 18.3. The van der Waals surface area contributed by atoms with Crippen molar-refractivity contribution >= 4 is 34.7 Å². The average Bonchev–Trinajstić information content (AvgIpc) is 2.99. The summed E-state index contributed by atoms with van der Waals surface area (Å²) in [6, 6.07) is 0. The van der Waals surface area contributed by atoms with Crippen molar-refractivity contribution in [2.75, 3.05) is 0 Å². The zero-order valence-electron chi connectivity index (χ0n) is 36.1. The summed E-state index contributed by atoms with van der Waals surface area (Å²) in [5.41, 5.74) is -3.69. The molecule has 0 saturated heterocycles. The Balaban J connectivity index is -0.000000651. The fraction of sp³-hybridized carbons (Fsp3) is 0.860. The molecular formula is C43H80O6. The highest BCUT2D eigenvalue weighted by atomic mass is 16.2. The highest BCUT2D eigenvalue weighted by Crippen LogP contribution is 2.41. The highest BCUT2D eigenvalue weighted by molar-refractivity contribution is 6.10. The third kappa shape index (κ3) is 13.6. The minimum absolute atomic E-state index is 0.0520. The first-order chi connectivity index (χ1) is 21.8. The van der Waals surface area contributed by atoms with Crippen molar-refractivity contribution in [1.82, 2.24) is 0 Å². The molecular weight excluding hydrogens is 612 g/mol. The van der Waals surface area contributed by atoms with Crippen LogP contribution in [-0.2, 0) is 28.8 Å². The highest BCUT2D eigenvalue weighted by Gasteiger charge is 2.49. The second kappa shape index (κ2) is 20.2. The van der Waals surface area contributed by atoms with Crippen molar-refractivity contribution in [3.05, 3.63) is 0 Å². The summed E-state index contributed by atoms with van der Waals surface area (Å²) < 4.78 is 0. The van der Waals surface area contributed by atoms with Crippen molar-refractivity contribution in [2.24, 2.45) is 50.2 Å². The van der Waals surface area contributed by atoms with Crippen LogP contribution in [0.5, 0.6) is 0 Å². The maximum atomic E-state index is 12.7. The van der Waals surface area contributed by atoms with Crippen molar-refractivity contribution < 1.29 is 28.8 Å². The molecule has 288 valence electrons. The molecule has 0 heterocycles. The van der Waals surface area contributed by atoms with E-state index in [0.29, 0.717) is 32.1 Å². The molecule has 6 heteroatoms. The lowest BCUT2D eigenvalue weighted by Gasteiger charge is -2.36. The topological polar surface area (TPSA) is 102 Å². The van der Waals surface area contributed by atoms with Gasteiger partial charge in [-0.05, 0) is 39.0 Å². The van der Waals surface area contributed by atoms with Gasteiger partial charge in [-0.15, -0.1) is 0 Å². The van der Waals surface area contributed by atoms with Crippen LogP contribution in [0.2, 0.25) is 0 Å². The summed E-state index contributed by atoms with van der Waals surface area (Å²) in [5, 5.41) is 0. The Bertz CT molecular complexity index is 1100. The Labute approximate surface area is 303 Å². The lowest BCUT2D eigenvalue weighted by Crippen LogP contribution is -2.46. The number of ketones is 6. The number of carbonyl (C=O) groups excluding carboxylic acids is 6. The molecule has 0 aliphatic heterocycles. The lowest BCUT2D eigenvalue weighted by molar-refractivity contribution is -0.149. The summed E-state index contributed by atoms with van der Waals surface area (Å²) in [4.78, 5) is 74.4. The van der Waals surface area contributed by atoms with Crippen LogP contribution in [-0.4, -0.2) is 34.7 Å². The van der Waals surface area contributed by atoms with E-state index in [9.17, 15) is 28.8 Å². The van der Waals surface area contributed by atoms with Crippen LogP contribution in [0.4, 0.5) is 0 Å². The van der Waals surface area contributed by atoms with Gasteiger partial charge in [0.05, 0.1) is 16.2 Å². The van der Waals surface area contributed by atoms with Crippen LogP contribution in [0.3, 0.4) is 0 Å². The summed E-state index contributed by atoms with van der Waals surface area (Å²) in [6.07, 6.45) is 5.08. The minimum Gasteiger partial charge on any atom is -0.298 e. The maximum absolute atomic E-state index is 12.7. The Morgan fingerprint density at radius 3 is 0.918 bits per heavy atom. The molecule has 0 rings (SSSR count). The van der Waals surface area contributed by atoms with Gasteiger partial charge in [0.2, 0.25) is 0 Å². The third-order valence-electron chi connectivity index (χ3n) is 9.95. The molecule has 0 aromatic heterocycles. The first-order valence-corrected chi connectivity index (χ1v) is 19.1. The molecule has 2 unspecified atom stereocenters. The Morgan fingerprint density at radius 2 is 0.694 bits per heavy atom. The molecule has 0 aromatic carbocycles. The number of hydrogen-bond donors (Lipinski definition) is 0. The van der Waals surface area contributed by atoms with Gasteiger partial charge >= 0.3 is 0 Å². The first-order valence-electron chi connectivity index (χ1n) is 19.1. The van der Waals surface area contributed by atoms with Crippen molar-refractivity contribution in [1.29, 1.82) is 0 Å². The fourth-order valence-electron chi connectivity index (χ4n) is 6.82. The van der Waals surface area contributed by atoms with E-state index >= 15 is 0 Å². The van der Waals surface area contributed by atoms with E-state index in [1.807, 2.05) is 132 Å². The first kappa shape index (κ1) is 51.4. The van der Waals surface area contributed by atoms with Crippen molar-refractivity contribution in [3.8, 4) is 0 Å². The minimum atomic E-state index is -0.813. The van der Waals surface area contributed by atoms with Gasteiger partial charge in [-0.3, -0.25) is 28.8 Å². The zero-order valence-corrected chi connectivity index (χ0v) is 36.1. The summed E-state index contributed by atoms with van der Waals surface area (Å²) in [6.45, 7) is 39.9. The van der Waals surface area contributed by atoms with Crippen molar-refractivity contribution in [2.45, 2.75) is 190 Å². The van der Waals surface area contributed by atoms with E-state index in [4.69, 9.17) is 0 Å². The normalized spacial score (nSPS) is 14.9. The monoisotopic (exact) mass is 693 g/mol. The van der Waals surface area contributed by atoms with Gasteiger partial charge in [-0.2, -0.15) is 0 Å². The van der Waals surface area contributed by atoms with Crippen LogP contribution in [0.25, 0.3) is 0 Å². The molecule has 0 fully saturated rings.